The summed E-state index contributed by atoms with van der Waals surface area (Å²) < 4.78 is 8.21. The number of hydrogen-bond donors (Lipinski definition) is 3. The molecular formula is C40H48N4O4. The first-order valence-corrected chi connectivity index (χ1v) is 17.4. The maximum atomic E-state index is 14.0. The molecule has 1 fully saturated rings. The second-order valence-electron chi connectivity index (χ2n) is 13.9. The van der Waals surface area contributed by atoms with E-state index in [-0.39, 0.29) is 35.7 Å². The molecule has 252 valence electrons. The number of aliphatic hydroxyl groups is 1. The molecule has 0 saturated heterocycles. The Morgan fingerprint density at radius 2 is 1.83 bits per heavy atom. The van der Waals surface area contributed by atoms with Gasteiger partial charge in [-0.25, -0.2) is 0 Å². The molecule has 0 bridgehead atoms. The van der Waals surface area contributed by atoms with Gasteiger partial charge in [-0.15, -0.1) is 0 Å². The van der Waals surface area contributed by atoms with Crippen molar-refractivity contribution in [1.29, 1.82) is 0 Å². The zero-order valence-electron chi connectivity index (χ0n) is 28.5. The van der Waals surface area contributed by atoms with Crippen LogP contribution in [-0.4, -0.2) is 44.9 Å². The van der Waals surface area contributed by atoms with E-state index in [1.807, 2.05) is 63.2 Å². The molecule has 6 rings (SSSR count). The third-order valence-electron chi connectivity index (χ3n) is 9.98. The molecule has 0 radical (unpaired) electrons. The number of carbonyl (C=O) groups excluding carboxylic acids is 1. The van der Waals surface area contributed by atoms with Crippen LogP contribution in [0.5, 0.6) is 5.75 Å². The first-order valence-electron chi connectivity index (χ1n) is 17.4. The lowest BCUT2D eigenvalue weighted by atomic mass is 9.85. The molecule has 1 aliphatic carbocycles. The van der Waals surface area contributed by atoms with Gasteiger partial charge < -0.3 is 25.0 Å². The number of pyridine rings is 2. The largest absolute Gasteiger partial charge is 0.487 e. The van der Waals surface area contributed by atoms with Crippen LogP contribution in [-0.2, 0) is 12.8 Å². The number of nitrogens with one attached hydrogen (secondary N) is 2. The van der Waals surface area contributed by atoms with E-state index in [1.54, 1.807) is 23.0 Å². The Labute approximate surface area is 283 Å². The predicted octanol–water partition coefficient (Wildman–Crippen LogP) is 6.49. The van der Waals surface area contributed by atoms with Crippen molar-refractivity contribution in [3.8, 4) is 17.0 Å². The van der Waals surface area contributed by atoms with Crippen molar-refractivity contribution in [2.75, 3.05) is 6.54 Å². The Morgan fingerprint density at radius 3 is 2.54 bits per heavy atom. The topological polar surface area (TPSA) is 105 Å². The number of fused-ring (bicyclic) bond motifs is 1. The van der Waals surface area contributed by atoms with E-state index in [2.05, 4.69) is 40.7 Å². The number of nitrogens with zero attached hydrogens (tertiary/aromatic N) is 2. The van der Waals surface area contributed by atoms with Crippen molar-refractivity contribution in [3.63, 3.8) is 0 Å². The highest BCUT2D eigenvalue weighted by atomic mass is 16.5. The quantitative estimate of drug-likeness (QED) is 0.172. The molecular weight excluding hydrogens is 600 g/mol. The molecule has 2 aliphatic rings. The third kappa shape index (κ3) is 7.40. The van der Waals surface area contributed by atoms with E-state index in [1.165, 1.54) is 5.56 Å². The molecule has 1 saturated carbocycles. The molecule has 1 amide bonds. The Kier molecular flexibility index (Phi) is 10.1. The van der Waals surface area contributed by atoms with Crippen LogP contribution < -0.4 is 20.9 Å². The monoisotopic (exact) mass is 648 g/mol. The van der Waals surface area contributed by atoms with Crippen LogP contribution in [0.1, 0.15) is 97.6 Å². The minimum atomic E-state index is -0.886. The van der Waals surface area contributed by atoms with Crippen molar-refractivity contribution in [2.24, 2.45) is 0 Å². The van der Waals surface area contributed by atoms with Crippen LogP contribution in [0.15, 0.2) is 83.9 Å². The zero-order chi connectivity index (χ0) is 33.8. The van der Waals surface area contributed by atoms with Gasteiger partial charge in [0.05, 0.1) is 29.0 Å². The van der Waals surface area contributed by atoms with Gasteiger partial charge in [0.1, 0.15) is 11.4 Å². The fourth-order valence-electron chi connectivity index (χ4n) is 7.23. The molecule has 2 aromatic carbocycles. The number of rotatable bonds is 11. The Morgan fingerprint density at radius 1 is 1.06 bits per heavy atom. The van der Waals surface area contributed by atoms with Crippen LogP contribution in [0, 0.1) is 6.92 Å². The molecule has 3 atom stereocenters. The summed E-state index contributed by atoms with van der Waals surface area (Å²) >= 11 is 0. The van der Waals surface area contributed by atoms with Gasteiger partial charge in [0, 0.05) is 43.0 Å². The maximum absolute atomic E-state index is 14.0. The van der Waals surface area contributed by atoms with Crippen molar-refractivity contribution < 1.29 is 14.6 Å². The number of amides is 1. The summed E-state index contributed by atoms with van der Waals surface area (Å²) in [5, 5.41) is 18.6. The minimum Gasteiger partial charge on any atom is -0.487 e. The molecule has 4 aromatic rings. The van der Waals surface area contributed by atoms with E-state index >= 15 is 0 Å². The van der Waals surface area contributed by atoms with Crippen LogP contribution in [0.4, 0.5) is 0 Å². The van der Waals surface area contributed by atoms with Gasteiger partial charge >= 0.3 is 0 Å². The Balaban J connectivity index is 1.27. The van der Waals surface area contributed by atoms with Gasteiger partial charge in [-0.1, -0.05) is 49.4 Å². The van der Waals surface area contributed by atoms with Crippen LogP contribution >= 0.6 is 0 Å². The summed E-state index contributed by atoms with van der Waals surface area (Å²) in [5.74, 6) is 0.577. The van der Waals surface area contributed by atoms with Crippen molar-refractivity contribution in [3.05, 3.63) is 117 Å². The lowest BCUT2D eigenvalue weighted by Gasteiger charge is -2.41. The molecule has 3 N–H and O–H groups in total. The molecule has 3 heterocycles. The summed E-state index contributed by atoms with van der Waals surface area (Å²) in [7, 11) is 0. The van der Waals surface area contributed by atoms with Crippen LogP contribution in [0.3, 0.4) is 0 Å². The second-order valence-corrected chi connectivity index (χ2v) is 13.9. The maximum Gasteiger partial charge on any atom is 0.260 e. The van der Waals surface area contributed by atoms with Crippen molar-refractivity contribution in [2.45, 2.75) is 102 Å². The average molecular weight is 649 g/mol. The Hall–Kier alpha value is -4.27. The highest BCUT2D eigenvalue weighted by molar-refractivity contribution is 5.95. The number of ether oxygens (including phenoxy) is 1. The first-order chi connectivity index (χ1) is 23.1. The summed E-state index contributed by atoms with van der Waals surface area (Å²) in [5.41, 5.74) is 5.23. The standard InChI is InChI=1S/C40H48N4O4/c1-5-28-13-14-37-31(20-28)35(23-40(48-37)16-9-10-17-40)42-24-36(45)34(21-29-11-7-6-8-12-29)43-38(46)30-22-32(33-19-27(4)15-18-41-33)39(47)44(25-30)26(2)3/h6-8,11-15,18-20,22,25-26,34-36,42,45H,5,9-10,16-17,21,23-24H2,1-4H3,(H,43,46)/t34-,35?,36+/m0/s1. The van der Waals surface area contributed by atoms with E-state index in [0.717, 1.165) is 61.0 Å². The lowest BCUT2D eigenvalue weighted by Crippen LogP contribution is -2.50. The molecule has 1 aliphatic heterocycles. The zero-order valence-corrected chi connectivity index (χ0v) is 28.5. The van der Waals surface area contributed by atoms with E-state index < -0.39 is 12.1 Å². The van der Waals surface area contributed by atoms with Crippen molar-refractivity contribution >= 4 is 5.91 Å². The SMILES string of the molecule is CCc1ccc2c(c1)C(NC[C@@H](O)[C@H](Cc1ccccc1)NC(=O)c1cc(-c3cc(C)ccn3)c(=O)n(C(C)C)c1)CC1(CCCC1)O2. The average Bonchev–Trinajstić information content (AvgIpc) is 3.53. The van der Waals surface area contributed by atoms with Crippen molar-refractivity contribution in [1.82, 2.24) is 20.2 Å². The summed E-state index contributed by atoms with van der Waals surface area (Å²) in [6.45, 7) is 8.22. The van der Waals surface area contributed by atoms with Gasteiger partial charge in [0.25, 0.3) is 11.5 Å². The van der Waals surface area contributed by atoms with E-state index in [4.69, 9.17) is 4.74 Å². The summed E-state index contributed by atoms with van der Waals surface area (Å²) in [6.07, 6.45) is 9.02. The Bertz CT molecular complexity index is 1790. The molecule has 2 aromatic heterocycles. The number of aromatic nitrogens is 2. The van der Waals surface area contributed by atoms with Crippen LogP contribution in [0.2, 0.25) is 0 Å². The molecule has 1 spiro atoms. The van der Waals surface area contributed by atoms with Gasteiger partial charge in [-0.05, 0) is 100 Å². The summed E-state index contributed by atoms with van der Waals surface area (Å²) in [4.78, 5) is 31.9. The first kappa shape index (κ1) is 33.6. The fraction of sp³-hybridized carbons (Fsp3) is 0.425. The lowest BCUT2D eigenvalue weighted by molar-refractivity contribution is 0.0326. The number of aryl methyl sites for hydroxylation is 2. The molecule has 8 heteroatoms. The number of aliphatic hydroxyl groups excluding tert-OH is 1. The van der Waals surface area contributed by atoms with Gasteiger partial charge in [0.2, 0.25) is 0 Å². The highest BCUT2D eigenvalue weighted by Gasteiger charge is 2.43. The third-order valence-corrected chi connectivity index (χ3v) is 9.98. The van der Waals surface area contributed by atoms with Gasteiger partial charge in [-0.2, -0.15) is 0 Å². The van der Waals surface area contributed by atoms with Crippen LogP contribution in [0.25, 0.3) is 11.3 Å². The number of benzene rings is 2. The highest BCUT2D eigenvalue weighted by Crippen LogP contribution is 2.47. The molecule has 8 nitrogen and oxygen atoms in total. The molecule has 48 heavy (non-hydrogen) atoms. The second kappa shape index (κ2) is 14.5. The number of carbonyl (C=O) groups is 1. The van der Waals surface area contributed by atoms with E-state index in [9.17, 15) is 14.7 Å². The smallest absolute Gasteiger partial charge is 0.260 e. The predicted molar refractivity (Wildman–Crippen MR) is 189 cm³/mol. The van der Waals surface area contributed by atoms with E-state index in [0.29, 0.717) is 23.2 Å². The fourth-order valence-corrected chi connectivity index (χ4v) is 7.23. The number of hydrogen-bond acceptors (Lipinski definition) is 6. The normalized spacial score (nSPS) is 17.9. The molecule has 1 unspecified atom stereocenters. The minimum absolute atomic E-state index is 0.0278. The van der Waals surface area contributed by atoms with Gasteiger partial charge in [0.15, 0.2) is 0 Å². The van der Waals surface area contributed by atoms with Gasteiger partial charge in [-0.3, -0.25) is 14.6 Å². The summed E-state index contributed by atoms with van der Waals surface area (Å²) in [6, 6.07) is 21.0.